The molecule has 1 aromatic heterocycles. The molecule has 2 aliphatic rings. The maximum atomic E-state index is 12.5. The van der Waals surface area contributed by atoms with Crippen molar-refractivity contribution in [3.05, 3.63) is 22.4 Å². The van der Waals surface area contributed by atoms with Crippen LogP contribution in [0.1, 0.15) is 44.6 Å². The van der Waals surface area contributed by atoms with Gasteiger partial charge < -0.3 is 14.7 Å². The van der Waals surface area contributed by atoms with Gasteiger partial charge in [-0.3, -0.25) is 9.69 Å². The van der Waals surface area contributed by atoms with Crippen molar-refractivity contribution in [2.45, 2.75) is 63.3 Å². The molecule has 10 heteroatoms. The number of hydrogen-bond acceptors (Lipinski definition) is 5. The largest absolute Gasteiger partial charge is 0.490 e. The van der Waals surface area contributed by atoms with Gasteiger partial charge in [0, 0.05) is 32.7 Å². The second-order valence-electron chi connectivity index (χ2n) is 7.57. The Morgan fingerprint density at radius 1 is 1.40 bits per heavy atom. The number of carboxylic acid groups (broad SMARTS) is 1. The molecule has 3 rings (SSSR count). The van der Waals surface area contributed by atoms with Crippen LogP contribution in [0.3, 0.4) is 0 Å². The van der Waals surface area contributed by atoms with Gasteiger partial charge in [0.1, 0.15) is 0 Å². The molecule has 1 N–H and O–H groups in total. The highest BCUT2D eigenvalue weighted by Gasteiger charge is 2.52. The van der Waals surface area contributed by atoms with Crippen molar-refractivity contribution in [1.82, 2.24) is 9.80 Å². The smallest absolute Gasteiger partial charge is 0.475 e. The Hall–Kier alpha value is -1.65. The summed E-state index contributed by atoms with van der Waals surface area (Å²) in [6.45, 7) is 5.79. The van der Waals surface area contributed by atoms with Crippen LogP contribution < -0.4 is 0 Å². The molecule has 0 unspecified atom stereocenters. The summed E-state index contributed by atoms with van der Waals surface area (Å²) >= 11 is 1.77. The molecule has 2 saturated heterocycles. The molecule has 2 fully saturated rings. The summed E-state index contributed by atoms with van der Waals surface area (Å²) in [5.74, 6) is -2.44. The average Bonchev–Trinajstić information content (AvgIpc) is 3.29. The molecule has 0 aliphatic carbocycles. The first-order valence-corrected chi connectivity index (χ1v) is 10.9. The zero-order valence-electron chi connectivity index (χ0n) is 17.3. The van der Waals surface area contributed by atoms with Gasteiger partial charge in [0.25, 0.3) is 0 Å². The van der Waals surface area contributed by atoms with E-state index in [1.807, 2.05) is 0 Å². The van der Waals surface area contributed by atoms with E-state index in [4.69, 9.17) is 14.6 Å². The van der Waals surface area contributed by atoms with Gasteiger partial charge in [-0.1, -0.05) is 6.92 Å². The molecule has 3 heterocycles. The maximum Gasteiger partial charge on any atom is 0.490 e. The quantitative estimate of drug-likeness (QED) is 0.715. The van der Waals surface area contributed by atoms with Gasteiger partial charge in [-0.05, 0) is 54.6 Å². The Bertz CT molecular complexity index is 699. The Morgan fingerprint density at radius 2 is 2.10 bits per heavy atom. The summed E-state index contributed by atoms with van der Waals surface area (Å²) < 4.78 is 37.0. The van der Waals surface area contributed by atoms with Crippen LogP contribution in [0.2, 0.25) is 0 Å². The SMILES string of the molecule is CC[C@@H]1N(Cc2ccsc2)CCC[C@]12CCC(=O)N2CCOC.O=C(O)C(F)(F)F. The first-order chi connectivity index (χ1) is 14.2. The predicted molar refractivity (Wildman–Crippen MR) is 107 cm³/mol. The highest BCUT2D eigenvalue weighted by molar-refractivity contribution is 7.07. The molecule has 1 spiro atoms. The molecule has 0 aromatic carbocycles. The second-order valence-corrected chi connectivity index (χ2v) is 8.35. The number of likely N-dealkylation sites (tertiary alicyclic amines) is 2. The van der Waals surface area contributed by atoms with Crippen LogP contribution in [0.25, 0.3) is 0 Å². The van der Waals surface area contributed by atoms with E-state index >= 15 is 0 Å². The fourth-order valence-electron chi connectivity index (χ4n) is 4.67. The lowest BCUT2D eigenvalue weighted by Gasteiger charge is -2.52. The maximum absolute atomic E-state index is 12.5. The Kier molecular flexibility index (Phi) is 8.69. The van der Waals surface area contributed by atoms with Gasteiger partial charge in [0.2, 0.25) is 5.91 Å². The topological polar surface area (TPSA) is 70.1 Å². The van der Waals surface area contributed by atoms with Crippen LogP contribution in [0.4, 0.5) is 13.2 Å². The number of rotatable bonds is 6. The minimum absolute atomic E-state index is 0.0264. The van der Waals surface area contributed by atoms with E-state index in [1.165, 1.54) is 12.0 Å². The molecule has 0 bridgehead atoms. The van der Waals surface area contributed by atoms with E-state index in [1.54, 1.807) is 18.4 Å². The van der Waals surface area contributed by atoms with Gasteiger partial charge in [0.15, 0.2) is 0 Å². The number of methoxy groups -OCH3 is 1. The number of carbonyl (C=O) groups is 2. The number of hydrogen-bond donors (Lipinski definition) is 1. The van der Waals surface area contributed by atoms with Crippen LogP contribution >= 0.6 is 11.3 Å². The molecule has 6 nitrogen and oxygen atoms in total. The fraction of sp³-hybridized carbons (Fsp3) is 0.700. The molecular formula is C20H29F3N2O4S. The second kappa shape index (κ2) is 10.6. The molecule has 170 valence electrons. The molecule has 0 radical (unpaired) electrons. The van der Waals surface area contributed by atoms with E-state index in [-0.39, 0.29) is 5.54 Å². The van der Waals surface area contributed by atoms with Crippen molar-refractivity contribution in [3.63, 3.8) is 0 Å². The van der Waals surface area contributed by atoms with Crippen molar-refractivity contribution in [1.29, 1.82) is 0 Å². The number of carbonyl (C=O) groups excluding carboxylic acids is 1. The minimum atomic E-state index is -5.08. The number of nitrogens with zero attached hydrogens (tertiary/aromatic N) is 2. The molecule has 0 saturated carbocycles. The lowest BCUT2D eigenvalue weighted by molar-refractivity contribution is -0.192. The average molecular weight is 451 g/mol. The number of ether oxygens (including phenoxy) is 1. The summed E-state index contributed by atoms with van der Waals surface area (Å²) in [5.41, 5.74) is 1.43. The summed E-state index contributed by atoms with van der Waals surface area (Å²) in [5, 5.41) is 11.5. The fourth-order valence-corrected chi connectivity index (χ4v) is 5.33. The highest BCUT2D eigenvalue weighted by Crippen LogP contribution is 2.43. The first-order valence-electron chi connectivity index (χ1n) is 10.0. The molecule has 2 aliphatic heterocycles. The van der Waals surface area contributed by atoms with Crippen molar-refractivity contribution < 1.29 is 32.6 Å². The summed E-state index contributed by atoms with van der Waals surface area (Å²) in [4.78, 5) is 26.2. The van der Waals surface area contributed by atoms with E-state index in [9.17, 15) is 18.0 Å². The monoisotopic (exact) mass is 450 g/mol. The predicted octanol–water partition coefficient (Wildman–Crippen LogP) is 3.76. The zero-order valence-corrected chi connectivity index (χ0v) is 18.1. The van der Waals surface area contributed by atoms with E-state index in [0.717, 1.165) is 38.9 Å². The number of aliphatic carboxylic acids is 1. The van der Waals surface area contributed by atoms with Crippen molar-refractivity contribution in [2.75, 3.05) is 26.8 Å². The summed E-state index contributed by atoms with van der Waals surface area (Å²) in [7, 11) is 1.72. The molecule has 30 heavy (non-hydrogen) atoms. The number of alkyl halides is 3. The van der Waals surface area contributed by atoms with E-state index < -0.39 is 12.1 Å². The van der Waals surface area contributed by atoms with E-state index in [0.29, 0.717) is 25.0 Å². The highest BCUT2D eigenvalue weighted by atomic mass is 32.1. The van der Waals surface area contributed by atoms with Crippen molar-refractivity contribution in [2.24, 2.45) is 0 Å². The van der Waals surface area contributed by atoms with Gasteiger partial charge in [-0.2, -0.15) is 24.5 Å². The van der Waals surface area contributed by atoms with Crippen LogP contribution in [-0.4, -0.2) is 71.3 Å². The van der Waals surface area contributed by atoms with Gasteiger partial charge in [0.05, 0.1) is 12.1 Å². The van der Waals surface area contributed by atoms with E-state index in [2.05, 4.69) is 33.6 Å². The molecular weight excluding hydrogens is 421 g/mol. The first kappa shape index (κ1) is 24.6. The molecule has 2 atom stereocenters. The van der Waals surface area contributed by atoms with Crippen LogP contribution in [-0.2, 0) is 20.9 Å². The van der Waals surface area contributed by atoms with Gasteiger partial charge in [-0.15, -0.1) is 0 Å². The third kappa shape index (κ3) is 5.73. The third-order valence-electron chi connectivity index (χ3n) is 5.84. The summed E-state index contributed by atoms with van der Waals surface area (Å²) in [6, 6.07) is 2.68. The van der Waals surface area contributed by atoms with Crippen molar-refractivity contribution >= 4 is 23.2 Å². The van der Waals surface area contributed by atoms with Crippen LogP contribution in [0, 0.1) is 0 Å². The Labute approximate surface area is 178 Å². The van der Waals surface area contributed by atoms with Crippen LogP contribution in [0.15, 0.2) is 16.8 Å². The minimum Gasteiger partial charge on any atom is -0.475 e. The van der Waals surface area contributed by atoms with Crippen LogP contribution in [0.5, 0.6) is 0 Å². The zero-order chi connectivity index (χ0) is 22.4. The number of amides is 1. The number of thiophene rings is 1. The third-order valence-corrected chi connectivity index (χ3v) is 6.57. The number of halogens is 3. The molecule has 1 aromatic rings. The van der Waals surface area contributed by atoms with Gasteiger partial charge >= 0.3 is 12.1 Å². The Morgan fingerprint density at radius 3 is 2.63 bits per heavy atom. The normalized spacial score (nSPS) is 24.8. The number of carboxylic acids is 1. The van der Waals surface area contributed by atoms with Gasteiger partial charge in [-0.25, -0.2) is 4.79 Å². The standard InChI is InChI=1S/C18H28N2O2S.C2HF3O2/c1-3-16-18(8-5-17(21)20(18)10-11-22-2)7-4-9-19(16)13-15-6-12-23-14-15;3-2(4,5)1(6)7/h6,12,14,16H,3-5,7-11,13H2,1-2H3;(H,6,7)/t16-,18-;/m0./s1. The lowest BCUT2D eigenvalue weighted by atomic mass is 9.77. The molecule has 1 amide bonds. The Balaban J connectivity index is 0.000000396. The summed E-state index contributed by atoms with van der Waals surface area (Å²) in [6.07, 6.45) is 0.0418. The lowest BCUT2D eigenvalue weighted by Crippen LogP contribution is -2.63. The number of piperidine rings is 1. The van der Waals surface area contributed by atoms with Crippen molar-refractivity contribution in [3.8, 4) is 0 Å².